The van der Waals surface area contributed by atoms with E-state index in [9.17, 15) is 9.90 Å². The molecule has 0 spiro atoms. The molecule has 5 aliphatic rings. The maximum absolute atomic E-state index is 13.1. The second-order valence-electron chi connectivity index (χ2n) is 15.6. The highest BCUT2D eigenvalue weighted by molar-refractivity contribution is 7.22. The third-order valence-corrected chi connectivity index (χ3v) is 12.7. The summed E-state index contributed by atoms with van der Waals surface area (Å²) in [5, 5.41) is 28.8. The number of thiazole rings is 1. The van der Waals surface area contributed by atoms with Gasteiger partial charge < -0.3 is 15.3 Å². The van der Waals surface area contributed by atoms with Crippen LogP contribution in [0.5, 0.6) is 0 Å². The minimum atomic E-state index is -0.914. The summed E-state index contributed by atoms with van der Waals surface area (Å²) in [5.41, 5.74) is 5.60. The molecule has 5 aromatic rings. The van der Waals surface area contributed by atoms with Gasteiger partial charge in [0.1, 0.15) is 0 Å². The van der Waals surface area contributed by atoms with E-state index in [1.807, 2.05) is 48.7 Å². The molecule has 4 saturated carbocycles. The van der Waals surface area contributed by atoms with Gasteiger partial charge in [-0.1, -0.05) is 56.2 Å². The number of hydrogen-bond acceptors (Lipinski definition) is 8. The average molecular weight is 660 g/mol. The SMILES string of the molecule is Cc1c(-c2ccc3c(c2C(=O)O)C(C)(C)CN3c2ccc(Nc3nc4ccccc4s3)nn2)cnn1CC12CC3CCC(CC(C3)C1)C2. The number of carboxylic acid groups (broad SMARTS) is 1. The zero-order chi connectivity index (χ0) is 32.8. The molecule has 2 N–H and O–H groups in total. The number of fused-ring (bicyclic) bond motifs is 3. The van der Waals surface area contributed by atoms with Gasteiger partial charge in [-0.3, -0.25) is 4.68 Å². The van der Waals surface area contributed by atoms with Crippen molar-refractivity contribution in [3.05, 3.63) is 71.5 Å². The number of para-hydroxylation sites is 1. The quantitative estimate of drug-likeness (QED) is 0.179. The van der Waals surface area contributed by atoms with Crippen LogP contribution in [-0.2, 0) is 12.0 Å². The van der Waals surface area contributed by atoms with Crippen molar-refractivity contribution in [2.45, 2.75) is 77.7 Å². The topological polar surface area (TPSA) is 109 Å². The third-order valence-electron chi connectivity index (χ3n) is 11.7. The zero-order valence-electron chi connectivity index (χ0n) is 27.7. The van der Waals surface area contributed by atoms with Crippen molar-refractivity contribution in [2.75, 3.05) is 16.8 Å². The first kappa shape index (κ1) is 29.8. The van der Waals surface area contributed by atoms with E-state index in [0.717, 1.165) is 67.7 Å². The first-order valence-electron chi connectivity index (χ1n) is 17.3. The molecule has 1 aliphatic heterocycles. The molecule has 0 radical (unpaired) electrons. The van der Waals surface area contributed by atoms with Crippen LogP contribution >= 0.6 is 11.3 Å². The Morgan fingerprint density at radius 3 is 2.48 bits per heavy atom. The lowest BCUT2D eigenvalue weighted by Gasteiger charge is -2.48. The van der Waals surface area contributed by atoms with E-state index in [1.165, 1.54) is 44.9 Å². The summed E-state index contributed by atoms with van der Waals surface area (Å²) < 4.78 is 3.30. The lowest BCUT2D eigenvalue weighted by Crippen LogP contribution is -2.40. The standard InChI is InChI=1S/C38H41N7O2S/c1-22-27(19-39-45(22)21-38-16-23-8-9-24(17-38)15-25(14-23)18-38)26-10-11-29-34(33(26)35(46)47)37(2,3)20-44(29)32-13-12-31(42-43-32)41-36-40-28-6-4-5-7-30(28)48-36/h4-7,10-13,19,23-25H,8-9,14-18,20-21H2,1-3H3,(H,46,47)(H,40,41,42). The Labute approximate surface area is 284 Å². The lowest BCUT2D eigenvalue weighted by molar-refractivity contribution is 0.0169. The Bertz CT molecular complexity index is 2020. The van der Waals surface area contributed by atoms with E-state index in [2.05, 4.69) is 56.9 Å². The summed E-state index contributed by atoms with van der Waals surface area (Å²) in [6.07, 6.45) is 11.5. The molecule has 4 aliphatic carbocycles. The molecule has 48 heavy (non-hydrogen) atoms. The third kappa shape index (κ3) is 4.90. The molecule has 0 saturated heterocycles. The molecular weight excluding hydrogens is 619 g/mol. The van der Waals surface area contributed by atoms with E-state index in [1.54, 1.807) is 11.3 Å². The lowest BCUT2D eigenvalue weighted by atomic mass is 9.58. The minimum absolute atomic E-state index is 0.331. The van der Waals surface area contributed by atoms with Gasteiger partial charge in [0, 0.05) is 41.0 Å². The summed E-state index contributed by atoms with van der Waals surface area (Å²) in [5.74, 6) is 2.97. The highest BCUT2D eigenvalue weighted by Crippen LogP contribution is 2.58. The largest absolute Gasteiger partial charge is 0.478 e. The molecule has 9 nitrogen and oxygen atoms in total. The predicted octanol–water partition coefficient (Wildman–Crippen LogP) is 8.74. The summed E-state index contributed by atoms with van der Waals surface area (Å²) in [4.78, 5) is 19.9. The molecule has 10 heteroatoms. The first-order chi connectivity index (χ1) is 23.1. The summed E-state index contributed by atoms with van der Waals surface area (Å²) in [7, 11) is 0. The van der Waals surface area contributed by atoms with E-state index in [4.69, 9.17) is 5.10 Å². The number of nitrogens with one attached hydrogen (secondary N) is 1. The van der Waals surface area contributed by atoms with Gasteiger partial charge in [-0.25, -0.2) is 9.78 Å². The number of nitrogens with zero attached hydrogens (tertiary/aromatic N) is 6. The van der Waals surface area contributed by atoms with Crippen LogP contribution in [0.1, 0.15) is 80.4 Å². The van der Waals surface area contributed by atoms with E-state index in [-0.39, 0.29) is 0 Å². The maximum Gasteiger partial charge on any atom is 0.336 e. The number of benzene rings is 2. The van der Waals surface area contributed by atoms with Crippen molar-refractivity contribution in [2.24, 2.45) is 23.2 Å². The fourth-order valence-electron chi connectivity index (χ4n) is 10.0. The normalized spacial score (nSPS) is 25.4. The van der Waals surface area contributed by atoms with Gasteiger partial charge in [-0.15, -0.1) is 10.2 Å². The highest BCUT2D eigenvalue weighted by atomic mass is 32.1. The predicted molar refractivity (Wildman–Crippen MR) is 190 cm³/mol. The molecule has 0 amide bonds. The van der Waals surface area contributed by atoms with E-state index < -0.39 is 11.4 Å². The van der Waals surface area contributed by atoms with Crippen molar-refractivity contribution >= 4 is 50.0 Å². The van der Waals surface area contributed by atoms with Crippen LogP contribution in [0.15, 0.2) is 54.7 Å². The van der Waals surface area contributed by atoms with Crippen molar-refractivity contribution in [3.8, 4) is 11.1 Å². The van der Waals surface area contributed by atoms with Gasteiger partial charge in [-0.2, -0.15) is 5.10 Å². The fraction of sp³-hybridized carbons (Fsp3) is 0.447. The number of aromatic nitrogens is 5. The van der Waals surface area contributed by atoms with Crippen molar-refractivity contribution in [3.63, 3.8) is 0 Å². The molecule has 246 valence electrons. The van der Waals surface area contributed by atoms with Crippen LogP contribution < -0.4 is 10.2 Å². The molecule has 10 rings (SSSR count). The summed E-state index contributed by atoms with van der Waals surface area (Å²) in [6, 6.07) is 15.9. The molecule has 2 aromatic carbocycles. The van der Waals surface area contributed by atoms with Crippen LogP contribution in [-0.4, -0.2) is 42.6 Å². The summed E-state index contributed by atoms with van der Waals surface area (Å²) in [6.45, 7) is 7.88. The maximum atomic E-state index is 13.1. The monoisotopic (exact) mass is 659 g/mol. The Hall–Kier alpha value is -4.31. The van der Waals surface area contributed by atoms with Crippen molar-refractivity contribution in [1.29, 1.82) is 0 Å². The number of rotatable bonds is 7. The smallest absolute Gasteiger partial charge is 0.336 e. The molecular formula is C38H41N7O2S. The van der Waals surface area contributed by atoms with E-state index >= 15 is 0 Å². The molecule has 4 heterocycles. The number of carboxylic acids is 1. The van der Waals surface area contributed by atoms with Gasteiger partial charge in [0.05, 0.1) is 22.0 Å². The van der Waals surface area contributed by atoms with Crippen LogP contribution in [0.2, 0.25) is 0 Å². The fourth-order valence-corrected chi connectivity index (χ4v) is 10.9. The molecule has 4 bridgehead atoms. The second-order valence-corrected chi connectivity index (χ2v) is 16.6. The number of hydrogen-bond donors (Lipinski definition) is 2. The van der Waals surface area contributed by atoms with Gasteiger partial charge in [0.2, 0.25) is 0 Å². The van der Waals surface area contributed by atoms with Gasteiger partial charge >= 0.3 is 5.97 Å². The minimum Gasteiger partial charge on any atom is -0.478 e. The number of carbonyl (C=O) groups is 1. The molecule has 3 aromatic heterocycles. The van der Waals surface area contributed by atoms with Gasteiger partial charge in [-0.05, 0) is 98.1 Å². The number of aromatic carboxylic acids is 1. The average Bonchev–Trinajstić information content (AvgIpc) is 3.66. The van der Waals surface area contributed by atoms with Crippen LogP contribution in [0.4, 0.5) is 22.5 Å². The van der Waals surface area contributed by atoms with Crippen molar-refractivity contribution < 1.29 is 9.90 Å². The Morgan fingerprint density at radius 2 is 1.75 bits per heavy atom. The molecule has 2 atom stereocenters. The zero-order valence-corrected chi connectivity index (χ0v) is 28.6. The molecule has 4 fully saturated rings. The Morgan fingerprint density at radius 1 is 0.979 bits per heavy atom. The van der Waals surface area contributed by atoms with Crippen LogP contribution in [0.3, 0.4) is 0 Å². The van der Waals surface area contributed by atoms with Crippen LogP contribution in [0, 0.1) is 30.1 Å². The first-order valence-corrected chi connectivity index (χ1v) is 18.1. The van der Waals surface area contributed by atoms with Gasteiger partial charge in [0.15, 0.2) is 16.8 Å². The highest BCUT2D eigenvalue weighted by Gasteiger charge is 2.49. The number of anilines is 4. The van der Waals surface area contributed by atoms with E-state index in [0.29, 0.717) is 29.2 Å². The second kappa shape index (κ2) is 10.9. The summed E-state index contributed by atoms with van der Waals surface area (Å²) >= 11 is 1.57. The Balaban J connectivity index is 1.02. The van der Waals surface area contributed by atoms with Crippen LogP contribution in [0.25, 0.3) is 21.3 Å². The van der Waals surface area contributed by atoms with Gasteiger partial charge in [0.25, 0.3) is 0 Å². The molecule has 2 unspecified atom stereocenters. The van der Waals surface area contributed by atoms with Crippen molar-refractivity contribution in [1.82, 2.24) is 25.0 Å². The Kier molecular flexibility index (Phi) is 6.74.